The Hall–Kier alpha value is -2.10. The van der Waals surface area contributed by atoms with Gasteiger partial charge in [0.25, 0.3) is 11.7 Å². The molecule has 0 spiro atoms. The van der Waals surface area contributed by atoms with Crippen molar-refractivity contribution in [1.82, 2.24) is 9.88 Å². The zero-order chi connectivity index (χ0) is 12.6. The van der Waals surface area contributed by atoms with Crippen LogP contribution >= 0.6 is 0 Å². The number of nitrogens with zero attached hydrogens (tertiary/aromatic N) is 1. The highest BCUT2D eigenvalue weighted by Crippen LogP contribution is 2.24. The minimum absolute atomic E-state index is 0.484. The number of nitrogens with one attached hydrogen (secondary N) is 1. The van der Waals surface area contributed by atoms with E-state index in [9.17, 15) is 9.59 Å². The van der Waals surface area contributed by atoms with Gasteiger partial charge in [-0.2, -0.15) is 0 Å². The summed E-state index contributed by atoms with van der Waals surface area (Å²) in [6, 6.07) is 7.57. The van der Waals surface area contributed by atoms with E-state index in [-0.39, 0.29) is 0 Å². The number of amides is 1. The van der Waals surface area contributed by atoms with E-state index in [2.05, 4.69) is 5.32 Å². The molecule has 4 nitrogen and oxygen atoms in total. The topological polar surface area (TPSA) is 51.1 Å². The van der Waals surface area contributed by atoms with Crippen molar-refractivity contribution in [1.29, 1.82) is 0 Å². The van der Waals surface area contributed by atoms with Crippen LogP contribution in [0.1, 0.15) is 16.1 Å². The molecule has 0 saturated heterocycles. The second-order valence-corrected chi connectivity index (χ2v) is 3.94. The van der Waals surface area contributed by atoms with Crippen LogP contribution in [0.15, 0.2) is 24.3 Å². The van der Waals surface area contributed by atoms with E-state index < -0.39 is 11.7 Å². The van der Waals surface area contributed by atoms with Gasteiger partial charge in [-0.05, 0) is 13.0 Å². The summed E-state index contributed by atoms with van der Waals surface area (Å²) >= 11 is 0. The molecular weight excluding hydrogens is 216 g/mol. The SMILES string of the molecule is CNC(=O)C(=O)c1c(C)n(C)c2ccccc12. The fourth-order valence-corrected chi connectivity index (χ4v) is 2.03. The standard InChI is InChI=1S/C13H14N2O2/c1-8-11(12(16)13(17)14-2)9-6-4-5-7-10(9)15(8)3/h4-7H,1-3H3,(H,14,17). The van der Waals surface area contributed by atoms with E-state index in [4.69, 9.17) is 0 Å². The summed E-state index contributed by atoms with van der Waals surface area (Å²) < 4.78 is 1.92. The third-order valence-electron chi connectivity index (χ3n) is 3.06. The number of para-hydroxylation sites is 1. The van der Waals surface area contributed by atoms with Crippen LogP contribution in [-0.4, -0.2) is 23.3 Å². The Bertz CT molecular complexity index is 611. The van der Waals surface area contributed by atoms with Crippen LogP contribution in [-0.2, 0) is 11.8 Å². The molecule has 88 valence electrons. The molecule has 1 heterocycles. The Balaban J connectivity index is 2.73. The highest BCUT2D eigenvalue weighted by atomic mass is 16.2. The van der Waals surface area contributed by atoms with Gasteiger partial charge in [-0.15, -0.1) is 0 Å². The fraction of sp³-hybridized carbons (Fsp3) is 0.231. The van der Waals surface area contributed by atoms with Gasteiger partial charge in [-0.25, -0.2) is 0 Å². The Morgan fingerprint density at radius 3 is 2.53 bits per heavy atom. The highest BCUT2D eigenvalue weighted by molar-refractivity contribution is 6.45. The average Bonchev–Trinajstić information content (AvgIpc) is 2.61. The molecular formula is C13H14N2O2. The van der Waals surface area contributed by atoms with E-state index in [1.54, 1.807) is 0 Å². The Labute approximate surface area is 99.2 Å². The number of aryl methyl sites for hydroxylation is 1. The number of aromatic nitrogens is 1. The van der Waals surface area contributed by atoms with Crippen molar-refractivity contribution in [2.75, 3.05) is 7.05 Å². The summed E-state index contributed by atoms with van der Waals surface area (Å²) in [7, 11) is 3.35. The quantitative estimate of drug-likeness (QED) is 0.626. The first-order chi connectivity index (χ1) is 8.07. The van der Waals surface area contributed by atoms with E-state index in [0.717, 1.165) is 16.6 Å². The van der Waals surface area contributed by atoms with Crippen molar-refractivity contribution in [3.63, 3.8) is 0 Å². The van der Waals surface area contributed by atoms with Crippen molar-refractivity contribution in [2.45, 2.75) is 6.92 Å². The molecule has 1 aromatic heterocycles. The van der Waals surface area contributed by atoms with Crippen molar-refractivity contribution in [3.05, 3.63) is 35.5 Å². The summed E-state index contributed by atoms with van der Waals surface area (Å²) in [5.74, 6) is -1.06. The van der Waals surface area contributed by atoms with Gasteiger partial charge in [0, 0.05) is 30.7 Å². The van der Waals surface area contributed by atoms with E-state index in [1.165, 1.54) is 7.05 Å². The molecule has 2 rings (SSSR count). The molecule has 0 bridgehead atoms. The van der Waals surface area contributed by atoms with E-state index >= 15 is 0 Å². The predicted molar refractivity (Wildman–Crippen MR) is 66.1 cm³/mol. The zero-order valence-electron chi connectivity index (χ0n) is 10.1. The van der Waals surface area contributed by atoms with Crippen LogP contribution in [0.3, 0.4) is 0 Å². The molecule has 0 unspecified atom stereocenters. The molecule has 1 aromatic carbocycles. The molecule has 2 aromatic rings. The van der Waals surface area contributed by atoms with Gasteiger partial charge in [0.15, 0.2) is 0 Å². The minimum atomic E-state index is -0.579. The van der Waals surface area contributed by atoms with E-state index in [0.29, 0.717) is 5.56 Å². The van der Waals surface area contributed by atoms with Gasteiger partial charge in [-0.3, -0.25) is 9.59 Å². The van der Waals surface area contributed by atoms with Crippen molar-refractivity contribution < 1.29 is 9.59 Å². The molecule has 1 amide bonds. The fourth-order valence-electron chi connectivity index (χ4n) is 2.03. The smallest absolute Gasteiger partial charge is 0.292 e. The minimum Gasteiger partial charge on any atom is -0.352 e. The molecule has 0 atom stereocenters. The molecule has 0 fully saturated rings. The Kier molecular flexibility index (Phi) is 2.71. The second kappa shape index (κ2) is 4.05. The number of ketones is 1. The number of hydrogen-bond acceptors (Lipinski definition) is 2. The molecule has 0 aliphatic carbocycles. The maximum atomic E-state index is 12.0. The average molecular weight is 230 g/mol. The largest absolute Gasteiger partial charge is 0.352 e. The van der Waals surface area contributed by atoms with Crippen LogP contribution in [0.5, 0.6) is 0 Å². The first-order valence-electron chi connectivity index (χ1n) is 5.38. The monoisotopic (exact) mass is 230 g/mol. The van der Waals surface area contributed by atoms with Gasteiger partial charge >= 0.3 is 0 Å². The molecule has 0 saturated carbocycles. The number of benzene rings is 1. The van der Waals surface area contributed by atoms with Crippen LogP contribution in [0, 0.1) is 6.92 Å². The third kappa shape index (κ3) is 1.62. The highest BCUT2D eigenvalue weighted by Gasteiger charge is 2.22. The molecule has 0 aliphatic heterocycles. The van der Waals surface area contributed by atoms with Gasteiger partial charge in [-0.1, -0.05) is 18.2 Å². The van der Waals surface area contributed by atoms with Crippen LogP contribution in [0.2, 0.25) is 0 Å². The lowest BCUT2D eigenvalue weighted by Gasteiger charge is -2.00. The van der Waals surface area contributed by atoms with Crippen molar-refractivity contribution in [2.24, 2.45) is 7.05 Å². The lowest BCUT2D eigenvalue weighted by molar-refractivity contribution is -0.116. The number of hydrogen-bond donors (Lipinski definition) is 1. The molecule has 0 aliphatic rings. The maximum absolute atomic E-state index is 12.0. The van der Waals surface area contributed by atoms with Gasteiger partial charge < -0.3 is 9.88 Å². The first-order valence-corrected chi connectivity index (χ1v) is 5.38. The summed E-state index contributed by atoms with van der Waals surface area (Å²) in [4.78, 5) is 23.4. The summed E-state index contributed by atoms with van der Waals surface area (Å²) in [5.41, 5.74) is 2.25. The number of carbonyl (C=O) groups excluding carboxylic acids is 2. The van der Waals surface area contributed by atoms with Crippen LogP contribution < -0.4 is 5.32 Å². The summed E-state index contributed by atoms with van der Waals surface area (Å²) in [6.07, 6.45) is 0. The number of rotatable bonds is 2. The summed E-state index contributed by atoms with van der Waals surface area (Å²) in [5, 5.41) is 3.19. The number of Topliss-reactive ketones (excluding diaryl/α,β-unsaturated/α-hetero) is 1. The first kappa shape index (κ1) is 11.4. The normalized spacial score (nSPS) is 10.5. The molecule has 1 N–H and O–H groups in total. The maximum Gasteiger partial charge on any atom is 0.292 e. The van der Waals surface area contributed by atoms with E-state index in [1.807, 2.05) is 42.8 Å². The number of likely N-dealkylation sites (N-methyl/N-ethyl adjacent to an activating group) is 1. The van der Waals surface area contributed by atoms with Gasteiger partial charge in [0.05, 0.1) is 5.56 Å². The Morgan fingerprint density at radius 2 is 1.88 bits per heavy atom. The number of carbonyl (C=O) groups is 2. The number of fused-ring (bicyclic) bond motifs is 1. The van der Waals surface area contributed by atoms with Crippen molar-refractivity contribution >= 4 is 22.6 Å². The zero-order valence-corrected chi connectivity index (χ0v) is 10.1. The van der Waals surface area contributed by atoms with Gasteiger partial charge in [0.1, 0.15) is 0 Å². The Morgan fingerprint density at radius 1 is 1.24 bits per heavy atom. The molecule has 4 heteroatoms. The van der Waals surface area contributed by atoms with Crippen molar-refractivity contribution in [3.8, 4) is 0 Å². The van der Waals surface area contributed by atoms with Crippen LogP contribution in [0.4, 0.5) is 0 Å². The molecule has 17 heavy (non-hydrogen) atoms. The lowest BCUT2D eigenvalue weighted by Crippen LogP contribution is -2.27. The van der Waals surface area contributed by atoms with Crippen LogP contribution in [0.25, 0.3) is 10.9 Å². The third-order valence-corrected chi connectivity index (χ3v) is 3.06. The summed E-state index contributed by atoms with van der Waals surface area (Å²) in [6.45, 7) is 1.84. The van der Waals surface area contributed by atoms with Gasteiger partial charge in [0.2, 0.25) is 0 Å². The predicted octanol–water partition coefficient (Wildman–Crippen LogP) is 1.42. The second-order valence-electron chi connectivity index (χ2n) is 3.94. The molecule has 0 radical (unpaired) electrons. The lowest BCUT2D eigenvalue weighted by atomic mass is 10.1.